The third-order valence-electron chi connectivity index (χ3n) is 5.05. The Hall–Kier alpha value is -2.12. The van der Waals surface area contributed by atoms with E-state index in [0.29, 0.717) is 19.6 Å². The molecule has 3 rings (SSSR count). The van der Waals surface area contributed by atoms with E-state index in [4.69, 9.17) is 0 Å². The summed E-state index contributed by atoms with van der Waals surface area (Å²) in [4.78, 5) is 30.7. The van der Waals surface area contributed by atoms with Crippen LogP contribution in [0.4, 0.5) is 5.69 Å². The molecule has 7 heteroatoms. The van der Waals surface area contributed by atoms with Crippen molar-refractivity contribution >= 4 is 17.5 Å². The Morgan fingerprint density at radius 2 is 1.81 bits per heavy atom. The minimum Gasteiger partial charge on any atom is -0.368 e. The molecule has 2 aliphatic heterocycles. The van der Waals surface area contributed by atoms with Gasteiger partial charge in [-0.25, -0.2) is 0 Å². The van der Waals surface area contributed by atoms with Crippen LogP contribution >= 0.6 is 0 Å². The number of carbonyl (C=O) groups excluding carboxylic acids is 2. The Labute approximate surface area is 155 Å². The van der Waals surface area contributed by atoms with Gasteiger partial charge in [-0.3, -0.25) is 14.5 Å². The minimum absolute atomic E-state index is 0.408. The van der Waals surface area contributed by atoms with E-state index in [1.165, 1.54) is 11.3 Å². The van der Waals surface area contributed by atoms with E-state index >= 15 is 0 Å². The highest BCUT2D eigenvalue weighted by molar-refractivity contribution is 6.35. The molecule has 0 bridgehead atoms. The highest BCUT2D eigenvalue weighted by Gasteiger charge is 2.26. The number of carbonyl (C=O) groups is 2. The standard InChI is InChI=1S/C19H29N5O2/c1-16-3-2-4-17(15-16)23-11-13-24(14-12-23)19(26)18(25)21-7-10-22-8-5-20-6-9-22/h2-4,15,20H,5-14H2,1H3,(H,21,25). The SMILES string of the molecule is Cc1cccc(N2CCN(C(=O)C(=O)NCCN3CCNCC3)CC2)c1. The van der Waals surface area contributed by atoms with E-state index in [1.54, 1.807) is 4.90 Å². The lowest BCUT2D eigenvalue weighted by atomic mass is 10.2. The van der Waals surface area contributed by atoms with Gasteiger partial charge >= 0.3 is 11.8 Å². The highest BCUT2D eigenvalue weighted by atomic mass is 16.2. The summed E-state index contributed by atoms with van der Waals surface area (Å²) in [5.41, 5.74) is 2.41. The number of rotatable bonds is 4. The molecule has 142 valence electrons. The molecule has 0 aliphatic carbocycles. The monoisotopic (exact) mass is 359 g/mol. The van der Waals surface area contributed by atoms with Crippen molar-refractivity contribution < 1.29 is 9.59 Å². The Bertz CT molecular complexity index is 622. The summed E-state index contributed by atoms with van der Waals surface area (Å²) in [6, 6.07) is 8.37. The summed E-state index contributed by atoms with van der Waals surface area (Å²) in [5, 5.41) is 6.07. The molecule has 2 fully saturated rings. The second-order valence-electron chi connectivity index (χ2n) is 6.97. The van der Waals surface area contributed by atoms with E-state index in [9.17, 15) is 9.59 Å². The topological polar surface area (TPSA) is 67.9 Å². The number of benzene rings is 1. The van der Waals surface area contributed by atoms with E-state index in [-0.39, 0.29) is 0 Å². The number of piperazine rings is 2. The van der Waals surface area contributed by atoms with Crippen LogP contribution in [-0.4, -0.2) is 87.1 Å². The number of nitrogens with zero attached hydrogens (tertiary/aromatic N) is 3. The first kappa shape index (κ1) is 18.7. The molecule has 1 aromatic carbocycles. The van der Waals surface area contributed by atoms with Crippen LogP contribution in [0.2, 0.25) is 0 Å². The predicted molar refractivity (Wildman–Crippen MR) is 102 cm³/mol. The van der Waals surface area contributed by atoms with Crippen molar-refractivity contribution in [3.05, 3.63) is 29.8 Å². The summed E-state index contributed by atoms with van der Waals surface area (Å²) in [6.45, 7) is 10.0. The fourth-order valence-electron chi connectivity index (χ4n) is 3.47. The van der Waals surface area contributed by atoms with Crippen LogP contribution < -0.4 is 15.5 Å². The van der Waals surface area contributed by atoms with Gasteiger partial charge in [0, 0.05) is 71.1 Å². The highest BCUT2D eigenvalue weighted by Crippen LogP contribution is 2.17. The van der Waals surface area contributed by atoms with Crippen LogP contribution in [0.25, 0.3) is 0 Å². The van der Waals surface area contributed by atoms with Crippen LogP contribution in [0, 0.1) is 6.92 Å². The molecule has 0 saturated carbocycles. The quantitative estimate of drug-likeness (QED) is 0.721. The van der Waals surface area contributed by atoms with Crippen molar-refractivity contribution in [1.82, 2.24) is 20.4 Å². The van der Waals surface area contributed by atoms with Gasteiger partial charge in [0.05, 0.1) is 0 Å². The number of hydrogen-bond donors (Lipinski definition) is 2. The summed E-state index contributed by atoms with van der Waals surface area (Å²) in [5.74, 6) is -0.890. The summed E-state index contributed by atoms with van der Waals surface area (Å²) >= 11 is 0. The van der Waals surface area contributed by atoms with Gasteiger partial charge in [0.1, 0.15) is 0 Å². The Kier molecular flexibility index (Phi) is 6.46. The molecule has 2 saturated heterocycles. The second kappa shape index (κ2) is 9.00. The van der Waals surface area contributed by atoms with Gasteiger partial charge in [-0.2, -0.15) is 0 Å². The maximum Gasteiger partial charge on any atom is 0.312 e. The van der Waals surface area contributed by atoms with Gasteiger partial charge < -0.3 is 20.4 Å². The third kappa shape index (κ3) is 4.95. The van der Waals surface area contributed by atoms with Gasteiger partial charge in [0.15, 0.2) is 0 Å². The van der Waals surface area contributed by atoms with Crippen molar-refractivity contribution in [1.29, 1.82) is 0 Å². The van der Waals surface area contributed by atoms with E-state index in [1.807, 2.05) is 6.07 Å². The van der Waals surface area contributed by atoms with Gasteiger partial charge in [-0.15, -0.1) is 0 Å². The van der Waals surface area contributed by atoms with Crippen molar-refractivity contribution in [2.24, 2.45) is 0 Å². The fourth-order valence-corrected chi connectivity index (χ4v) is 3.47. The van der Waals surface area contributed by atoms with Crippen molar-refractivity contribution in [3.8, 4) is 0 Å². The van der Waals surface area contributed by atoms with Crippen LogP contribution in [0.15, 0.2) is 24.3 Å². The van der Waals surface area contributed by atoms with Crippen molar-refractivity contribution in [2.45, 2.75) is 6.92 Å². The first-order valence-electron chi connectivity index (χ1n) is 9.45. The maximum atomic E-state index is 12.3. The number of anilines is 1. The van der Waals surface area contributed by atoms with E-state index in [0.717, 1.165) is 45.8 Å². The smallest absolute Gasteiger partial charge is 0.312 e. The average Bonchev–Trinajstić information content (AvgIpc) is 2.68. The molecule has 0 spiro atoms. The van der Waals surface area contributed by atoms with Gasteiger partial charge in [-0.1, -0.05) is 12.1 Å². The van der Waals surface area contributed by atoms with Crippen LogP contribution in [0.1, 0.15) is 5.56 Å². The molecule has 2 aliphatic rings. The molecular weight excluding hydrogens is 330 g/mol. The Balaban J connectivity index is 1.40. The molecule has 2 N–H and O–H groups in total. The first-order chi connectivity index (χ1) is 12.6. The molecule has 0 unspecified atom stereocenters. The van der Waals surface area contributed by atoms with Crippen molar-refractivity contribution in [3.63, 3.8) is 0 Å². The Morgan fingerprint density at radius 3 is 2.50 bits per heavy atom. The summed E-state index contributed by atoms with van der Waals surface area (Å²) in [7, 11) is 0. The molecule has 0 aromatic heterocycles. The molecule has 0 atom stereocenters. The second-order valence-corrected chi connectivity index (χ2v) is 6.97. The zero-order chi connectivity index (χ0) is 18.4. The van der Waals surface area contributed by atoms with Gasteiger partial charge in [-0.05, 0) is 24.6 Å². The number of nitrogens with one attached hydrogen (secondary N) is 2. The molecule has 0 radical (unpaired) electrons. The lowest BCUT2D eigenvalue weighted by molar-refractivity contribution is -0.146. The predicted octanol–water partition coefficient (Wildman–Crippen LogP) is -0.335. The first-order valence-corrected chi connectivity index (χ1v) is 9.45. The van der Waals surface area contributed by atoms with Crippen LogP contribution in [-0.2, 0) is 9.59 Å². The fraction of sp³-hybridized carbons (Fsp3) is 0.579. The largest absolute Gasteiger partial charge is 0.368 e. The third-order valence-corrected chi connectivity index (χ3v) is 5.05. The molecule has 2 heterocycles. The van der Waals surface area contributed by atoms with Crippen molar-refractivity contribution in [2.75, 3.05) is 70.3 Å². The van der Waals surface area contributed by atoms with E-state index in [2.05, 4.69) is 45.6 Å². The van der Waals surface area contributed by atoms with Crippen LogP contribution in [0.5, 0.6) is 0 Å². The molecule has 7 nitrogen and oxygen atoms in total. The number of amides is 2. The van der Waals surface area contributed by atoms with Gasteiger partial charge in [0.2, 0.25) is 0 Å². The number of hydrogen-bond acceptors (Lipinski definition) is 5. The number of aryl methyl sites for hydroxylation is 1. The molecule has 1 aromatic rings. The van der Waals surface area contributed by atoms with Gasteiger partial charge in [0.25, 0.3) is 0 Å². The van der Waals surface area contributed by atoms with Crippen LogP contribution in [0.3, 0.4) is 0 Å². The lowest BCUT2D eigenvalue weighted by Gasteiger charge is -2.36. The summed E-state index contributed by atoms with van der Waals surface area (Å²) < 4.78 is 0. The zero-order valence-electron chi connectivity index (χ0n) is 15.5. The lowest BCUT2D eigenvalue weighted by Crippen LogP contribution is -2.53. The normalized spacial score (nSPS) is 18.7. The molecule has 26 heavy (non-hydrogen) atoms. The zero-order valence-corrected chi connectivity index (χ0v) is 15.5. The maximum absolute atomic E-state index is 12.3. The molecule has 2 amide bonds. The Morgan fingerprint density at radius 1 is 1.08 bits per heavy atom. The summed E-state index contributed by atoms with van der Waals surface area (Å²) in [6.07, 6.45) is 0. The van der Waals surface area contributed by atoms with E-state index < -0.39 is 11.8 Å². The molecular formula is C19H29N5O2. The average molecular weight is 359 g/mol. The minimum atomic E-state index is -0.482.